The molecule has 1 fully saturated rings. The number of carboxylic acids is 1. The van der Waals surface area contributed by atoms with Crippen molar-refractivity contribution in [2.75, 3.05) is 5.32 Å². The van der Waals surface area contributed by atoms with Crippen molar-refractivity contribution < 1.29 is 29.2 Å². The predicted octanol–water partition coefficient (Wildman–Crippen LogP) is 3.23. The highest BCUT2D eigenvalue weighted by Crippen LogP contribution is 2.37. The van der Waals surface area contributed by atoms with Gasteiger partial charge in [-0.25, -0.2) is 19.2 Å². The quantitative estimate of drug-likeness (QED) is 0.483. The number of aromatic carboxylic acids is 1. The van der Waals surface area contributed by atoms with Crippen LogP contribution < -0.4 is 10.1 Å². The number of hydrogen-bond donors (Lipinski definition) is 4. The summed E-state index contributed by atoms with van der Waals surface area (Å²) in [5.41, 5.74) is 0.960. The minimum atomic E-state index is -1.04. The fourth-order valence-corrected chi connectivity index (χ4v) is 4.67. The van der Waals surface area contributed by atoms with E-state index in [1.54, 1.807) is 6.92 Å². The highest BCUT2D eigenvalue weighted by molar-refractivity contribution is 7.20. The number of nitrogens with zero attached hydrogens (tertiary/aromatic N) is 2. The van der Waals surface area contributed by atoms with Crippen molar-refractivity contribution in [1.29, 1.82) is 0 Å². The molecular weight excluding hydrogens is 413 g/mol. The zero-order chi connectivity index (χ0) is 21.4. The highest BCUT2D eigenvalue weighted by Gasteiger charge is 2.28. The van der Waals surface area contributed by atoms with Crippen LogP contribution in [0.2, 0.25) is 0 Å². The predicted molar refractivity (Wildman–Crippen MR) is 109 cm³/mol. The molecule has 4 N–H and O–H groups in total. The van der Waals surface area contributed by atoms with Crippen molar-refractivity contribution in [3.8, 4) is 5.75 Å². The number of rotatable bonds is 5. The third-order valence-electron chi connectivity index (χ3n) is 5.03. The second kappa shape index (κ2) is 8.13. The molecule has 0 amide bonds. The van der Waals surface area contributed by atoms with Gasteiger partial charge in [-0.05, 0) is 31.0 Å². The number of benzene rings is 1. The molecule has 0 unspecified atom stereocenters. The summed E-state index contributed by atoms with van der Waals surface area (Å²) in [6.45, 7) is 1.68. The van der Waals surface area contributed by atoms with Crippen LogP contribution in [0.25, 0.3) is 10.2 Å². The molecule has 8 nitrogen and oxygen atoms in total. The maximum atomic E-state index is 13.9. The fraction of sp³-hybridized carbons (Fsp3) is 0.350. The number of aromatic nitrogens is 2. The number of aliphatic hydroxyl groups excluding tert-OH is 2. The van der Waals surface area contributed by atoms with Crippen LogP contribution in [0.1, 0.15) is 34.5 Å². The molecular formula is C20H20FN3O5S. The van der Waals surface area contributed by atoms with Gasteiger partial charge in [0, 0.05) is 18.9 Å². The third-order valence-corrected chi connectivity index (χ3v) is 6.21. The van der Waals surface area contributed by atoms with Crippen LogP contribution in [0, 0.1) is 12.7 Å². The van der Waals surface area contributed by atoms with Gasteiger partial charge in [-0.1, -0.05) is 0 Å². The normalized spacial score (nSPS) is 21.5. The summed E-state index contributed by atoms with van der Waals surface area (Å²) in [6.07, 6.45) is 0.423. The molecule has 2 heterocycles. The first kappa shape index (κ1) is 20.5. The summed E-state index contributed by atoms with van der Waals surface area (Å²) < 4.78 is 19.8. The molecule has 3 aromatic rings. The number of thiophene rings is 1. The van der Waals surface area contributed by atoms with Gasteiger partial charge in [0.2, 0.25) is 0 Å². The molecule has 0 radical (unpaired) electrons. The van der Waals surface area contributed by atoms with Gasteiger partial charge in [-0.3, -0.25) is 0 Å². The number of carbonyl (C=O) groups is 1. The molecule has 1 aliphatic rings. The van der Waals surface area contributed by atoms with Crippen molar-refractivity contribution in [2.45, 2.75) is 44.5 Å². The SMILES string of the molecule is Cc1c(C(=O)O)sc2ncnc(Nc3ccc(F)cc3O[C@@H]3C[C@H](O)C[C@H](O)C3)c12. The Morgan fingerprint density at radius 1 is 1.23 bits per heavy atom. The Balaban J connectivity index is 1.68. The van der Waals surface area contributed by atoms with E-state index in [9.17, 15) is 24.5 Å². The van der Waals surface area contributed by atoms with Crippen LogP contribution in [-0.4, -0.2) is 49.6 Å². The van der Waals surface area contributed by atoms with Crippen molar-refractivity contribution in [2.24, 2.45) is 0 Å². The average molecular weight is 433 g/mol. The maximum absolute atomic E-state index is 13.9. The van der Waals surface area contributed by atoms with Gasteiger partial charge < -0.3 is 25.4 Å². The molecule has 0 saturated heterocycles. The monoisotopic (exact) mass is 433 g/mol. The van der Waals surface area contributed by atoms with Gasteiger partial charge in [-0.15, -0.1) is 11.3 Å². The molecule has 4 rings (SSSR count). The van der Waals surface area contributed by atoms with E-state index in [4.69, 9.17) is 4.74 Å². The van der Waals surface area contributed by atoms with Crippen LogP contribution in [0.4, 0.5) is 15.9 Å². The Bertz CT molecular complexity index is 1100. The molecule has 3 atom stereocenters. The van der Waals surface area contributed by atoms with Crippen molar-refractivity contribution in [3.63, 3.8) is 0 Å². The molecule has 1 aromatic carbocycles. The zero-order valence-electron chi connectivity index (χ0n) is 16.0. The minimum Gasteiger partial charge on any atom is -0.488 e. The van der Waals surface area contributed by atoms with Crippen molar-refractivity contribution in [3.05, 3.63) is 40.8 Å². The van der Waals surface area contributed by atoms with E-state index in [1.807, 2.05) is 0 Å². The van der Waals surface area contributed by atoms with E-state index < -0.39 is 30.1 Å². The Labute approximate surface area is 175 Å². The summed E-state index contributed by atoms with van der Waals surface area (Å²) in [5, 5.41) is 32.8. The summed E-state index contributed by atoms with van der Waals surface area (Å²) >= 11 is 1.05. The van der Waals surface area contributed by atoms with E-state index in [0.717, 1.165) is 11.3 Å². The van der Waals surface area contributed by atoms with Crippen molar-refractivity contribution >= 4 is 39.0 Å². The van der Waals surface area contributed by atoms with Crippen LogP contribution in [-0.2, 0) is 0 Å². The van der Waals surface area contributed by atoms with Gasteiger partial charge in [0.1, 0.15) is 39.5 Å². The van der Waals surface area contributed by atoms with Gasteiger partial charge in [0.05, 0.1) is 23.3 Å². The second-order valence-electron chi connectivity index (χ2n) is 7.28. The second-order valence-corrected chi connectivity index (χ2v) is 8.28. The molecule has 0 aliphatic heterocycles. The maximum Gasteiger partial charge on any atom is 0.346 e. The smallest absolute Gasteiger partial charge is 0.346 e. The summed E-state index contributed by atoms with van der Waals surface area (Å²) in [5.74, 6) is -0.956. The third kappa shape index (κ3) is 4.07. The number of halogens is 1. The Morgan fingerprint density at radius 3 is 2.67 bits per heavy atom. The van der Waals surface area contributed by atoms with Crippen LogP contribution in [0.15, 0.2) is 24.5 Å². The molecule has 30 heavy (non-hydrogen) atoms. The van der Waals surface area contributed by atoms with E-state index in [0.29, 0.717) is 40.1 Å². The molecule has 2 aromatic heterocycles. The van der Waals surface area contributed by atoms with Gasteiger partial charge >= 0.3 is 5.97 Å². The number of nitrogens with one attached hydrogen (secondary N) is 1. The van der Waals surface area contributed by atoms with E-state index in [-0.39, 0.29) is 17.0 Å². The summed E-state index contributed by atoms with van der Waals surface area (Å²) in [6, 6.07) is 3.98. The fourth-order valence-electron chi connectivity index (χ4n) is 3.68. The number of carboxylic acid groups (broad SMARTS) is 1. The number of fused-ring (bicyclic) bond motifs is 1. The number of aliphatic hydroxyl groups is 2. The van der Waals surface area contributed by atoms with Gasteiger partial charge in [-0.2, -0.15) is 0 Å². The zero-order valence-corrected chi connectivity index (χ0v) is 16.8. The Morgan fingerprint density at radius 2 is 1.97 bits per heavy atom. The largest absolute Gasteiger partial charge is 0.488 e. The molecule has 1 saturated carbocycles. The van der Waals surface area contributed by atoms with Gasteiger partial charge in [0.25, 0.3) is 0 Å². The number of hydrogen-bond acceptors (Lipinski definition) is 8. The van der Waals surface area contributed by atoms with Crippen LogP contribution in [0.5, 0.6) is 5.75 Å². The lowest BCUT2D eigenvalue weighted by atomic mass is 9.92. The van der Waals surface area contributed by atoms with Crippen LogP contribution in [0.3, 0.4) is 0 Å². The number of anilines is 2. The average Bonchev–Trinajstić information content (AvgIpc) is 3.01. The molecule has 0 spiro atoms. The number of ether oxygens (including phenoxy) is 1. The lowest BCUT2D eigenvalue weighted by Crippen LogP contribution is -2.36. The topological polar surface area (TPSA) is 125 Å². The first-order valence-corrected chi connectivity index (χ1v) is 10.2. The van der Waals surface area contributed by atoms with E-state index in [1.165, 1.54) is 24.5 Å². The van der Waals surface area contributed by atoms with Crippen LogP contribution >= 0.6 is 11.3 Å². The lowest BCUT2D eigenvalue weighted by molar-refractivity contribution is -0.0153. The molecule has 10 heteroatoms. The summed E-state index contributed by atoms with van der Waals surface area (Å²) in [7, 11) is 0. The van der Waals surface area contributed by atoms with Gasteiger partial charge in [0.15, 0.2) is 0 Å². The van der Waals surface area contributed by atoms with Crippen molar-refractivity contribution in [1.82, 2.24) is 9.97 Å². The highest BCUT2D eigenvalue weighted by atomic mass is 32.1. The lowest BCUT2D eigenvalue weighted by Gasteiger charge is -2.30. The molecule has 0 bridgehead atoms. The molecule has 158 valence electrons. The first-order valence-electron chi connectivity index (χ1n) is 9.38. The van der Waals surface area contributed by atoms with E-state index >= 15 is 0 Å². The van der Waals surface area contributed by atoms with E-state index in [2.05, 4.69) is 15.3 Å². The Kier molecular flexibility index (Phi) is 5.54. The minimum absolute atomic E-state index is 0.175. The summed E-state index contributed by atoms with van der Waals surface area (Å²) in [4.78, 5) is 20.5. The number of aryl methyl sites for hydroxylation is 1. The molecule has 1 aliphatic carbocycles. The first-order chi connectivity index (χ1) is 14.3. The standard InChI is InChI=1S/C20H20FN3O5S/c1-9-16-18(22-8-23-19(16)30-17(9)20(27)28)24-14-3-2-10(21)4-15(14)29-13-6-11(25)5-12(26)7-13/h2-4,8,11-13,25-26H,5-7H2,1H3,(H,27,28)(H,22,23,24)/t11-,12+,13-. The Hall–Kier alpha value is -2.82.